The maximum atomic E-state index is 12.7. The van der Waals surface area contributed by atoms with Gasteiger partial charge in [0.2, 0.25) is 0 Å². The van der Waals surface area contributed by atoms with Crippen LogP contribution in [0.25, 0.3) is 10.9 Å². The third-order valence-electron chi connectivity index (χ3n) is 4.76. The first kappa shape index (κ1) is 17.7. The van der Waals surface area contributed by atoms with Gasteiger partial charge in [-0.3, -0.25) is 14.8 Å². The van der Waals surface area contributed by atoms with Gasteiger partial charge in [0.1, 0.15) is 0 Å². The van der Waals surface area contributed by atoms with E-state index in [1.165, 1.54) is 0 Å². The SMILES string of the molecule is Cc1cccc(NC(=O)c2cncc(Nc3cccc4cccnc34)c2)c1C. The van der Waals surface area contributed by atoms with Crippen LogP contribution in [-0.4, -0.2) is 15.9 Å². The first-order valence-corrected chi connectivity index (χ1v) is 9.05. The molecule has 2 N–H and O–H groups in total. The smallest absolute Gasteiger partial charge is 0.257 e. The van der Waals surface area contributed by atoms with Crippen LogP contribution in [0.15, 0.2) is 73.2 Å². The van der Waals surface area contributed by atoms with Gasteiger partial charge in [0, 0.05) is 23.5 Å². The molecule has 0 saturated carbocycles. The summed E-state index contributed by atoms with van der Waals surface area (Å²) in [6.07, 6.45) is 5.02. The number of aryl methyl sites for hydroxylation is 1. The summed E-state index contributed by atoms with van der Waals surface area (Å²) < 4.78 is 0. The van der Waals surface area contributed by atoms with E-state index in [1.807, 2.05) is 62.4 Å². The van der Waals surface area contributed by atoms with Crippen LogP contribution in [0.4, 0.5) is 17.1 Å². The third kappa shape index (κ3) is 3.55. The highest BCUT2D eigenvalue weighted by Crippen LogP contribution is 2.25. The molecule has 5 nitrogen and oxygen atoms in total. The number of nitrogens with one attached hydrogen (secondary N) is 2. The second kappa shape index (κ2) is 7.48. The second-order valence-electron chi connectivity index (χ2n) is 6.67. The van der Waals surface area contributed by atoms with Crippen LogP contribution < -0.4 is 10.6 Å². The number of carbonyl (C=O) groups excluding carboxylic acids is 1. The normalized spacial score (nSPS) is 10.6. The van der Waals surface area contributed by atoms with Gasteiger partial charge in [0.25, 0.3) is 5.91 Å². The number of carbonyl (C=O) groups is 1. The number of anilines is 3. The molecule has 0 unspecified atom stereocenters. The fourth-order valence-electron chi connectivity index (χ4n) is 3.07. The molecule has 28 heavy (non-hydrogen) atoms. The number of aromatic nitrogens is 2. The molecule has 4 aromatic rings. The lowest BCUT2D eigenvalue weighted by molar-refractivity contribution is 0.102. The van der Waals surface area contributed by atoms with Crippen molar-refractivity contribution in [1.29, 1.82) is 0 Å². The highest BCUT2D eigenvalue weighted by molar-refractivity contribution is 6.05. The van der Waals surface area contributed by atoms with Crippen molar-refractivity contribution in [2.75, 3.05) is 10.6 Å². The van der Waals surface area contributed by atoms with Gasteiger partial charge in [-0.05, 0) is 49.2 Å². The number of para-hydroxylation sites is 1. The number of benzene rings is 2. The Labute approximate surface area is 163 Å². The molecule has 0 saturated heterocycles. The van der Waals surface area contributed by atoms with Gasteiger partial charge in [-0.2, -0.15) is 0 Å². The van der Waals surface area contributed by atoms with Gasteiger partial charge in [-0.15, -0.1) is 0 Å². The average Bonchev–Trinajstić information content (AvgIpc) is 2.72. The maximum Gasteiger partial charge on any atom is 0.257 e. The molecule has 0 aliphatic carbocycles. The molecule has 2 aromatic heterocycles. The summed E-state index contributed by atoms with van der Waals surface area (Å²) >= 11 is 0. The largest absolute Gasteiger partial charge is 0.352 e. The number of fused-ring (bicyclic) bond motifs is 1. The molecule has 2 aromatic carbocycles. The topological polar surface area (TPSA) is 66.9 Å². The van der Waals surface area contributed by atoms with Crippen molar-refractivity contribution in [1.82, 2.24) is 9.97 Å². The molecule has 0 bridgehead atoms. The minimum Gasteiger partial charge on any atom is -0.352 e. The monoisotopic (exact) mass is 368 g/mol. The number of rotatable bonds is 4. The Bertz CT molecular complexity index is 1160. The Morgan fingerprint density at radius 2 is 1.71 bits per heavy atom. The summed E-state index contributed by atoms with van der Waals surface area (Å²) in [6, 6.07) is 17.5. The Hall–Kier alpha value is -3.73. The fraction of sp³-hybridized carbons (Fsp3) is 0.0870. The van der Waals surface area contributed by atoms with Crippen LogP contribution in [0.2, 0.25) is 0 Å². The summed E-state index contributed by atoms with van der Waals surface area (Å²) in [6.45, 7) is 4.02. The van der Waals surface area contributed by atoms with Crippen LogP contribution in [0.5, 0.6) is 0 Å². The van der Waals surface area contributed by atoms with Crippen LogP contribution in [-0.2, 0) is 0 Å². The van der Waals surface area contributed by atoms with Crippen LogP contribution >= 0.6 is 0 Å². The summed E-state index contributed by atoms with van der Waals surface area (Å²) in [4.78, 5) is 21.4. The van der Waals surface area contributed by atoms with Crippen molar-refractivity contribution in [2.45, 2.75) is 13.8 Å². The lowest BCUT2D eigenvalue weighted by Crippen LogP contribution is -2.13. The van der Waals surface area contributed by atoms with Crippen molar-refractivity contribution in [3.05, 3.63) is 89.9 Å². The highest BCUT2D eigenvalue weighted by Gasteiger charge is 2.10. The van der Waals surface area contributed by atoms with Crippen LogP contribution in [0, 0.1) is 13.8 Å². The average molecular weight is 368 g/mol. The van der Waals surface area contributed by atoms with Gasteiger partial charge in [0.15, 0.2) is 0 Å². The molecule has 0 aliphatic rings. The Morgan fingerprint density at radius 1 is 0.929 bits per heavy atom. The zero-order valence-electron chi connectivity index (χ0n) is 15.7. The number of nitrogens with zero attached hydrogens (tertiary/aromatic N) is 2. The van der Waals surface area contributed by atoms with E-state index in [9.17, 15) is 4.79 Å². The molecule has 2 heterocycles. The molecular weight excluding hydrogens is 348 g/mol. The van der Waals surface area contributed by atoms with E-state index in [2.05, 4.69) is 20.6 Å². The molecule has 0 fully saturated rings. The quantitative estimate of drug-likeness (QED) is 0.517. The van der Waals surface area contributed by atoms with Crippen LogP contribution in [0.1, 0.15) is 21.5 Å². The van der Waals surface area contributed by atoms with Gasteiger partial charge in [-0.1, -0.05) is 30.3 Å². The molecule has 138 valence electrons. The predicted octanol–water partition coefficient (Wildman–Crippen LogP) is 5.24. The zero-order valence-corrected chi connectivity index (χ0v) is 15.7. The summed E-state index contributed by atoms with van der Waals surface area (Å²) in [5.41, 5.74) is 5.95. The Balaban J connectivity index is 1.59. The van der Waals surface area contributed by atoms with Gasteiger partial charge < -0.3 is 10.6 Å². The lowest BCUT2D eigenvalue weighted by Gasteiger charge is -2.12. The Morgan fingerprint density at radius 3 is 2.61 bits per heavy atom. The van der Waals surface area contributed by atoms with Crippen molar-refractivity contribution in [3.63, 3.8) is 0 Å². The number of pyridine rings is 2. The lowest BCUT2D eigenvalue weighted by atomic mass is 10.1. The van der Waals surface area contributed by atoms with E-state index in [-0.39, 0.29) is 5.91 Å². The predicted molar refractivity (Wildman–Crippen MR) is 113 cm³/mol. The standard InChI is InChI=1S/C23H20N4O/c1-15-6-3-9-20(16(15)2)27-23(28)18-12-19(14-24-13-18)26-21-10-4-7-17-8-5-11-25-22(17)21/h3-14,26H,1-2H3,(H,27,28). The molecule has 0 radical (unpaired) electrons. The fourth-order valence-corrected chi connectivity index (χ4v) is 3.07. The van der Waals surface area contributed by atoms with E-state index in [0.717, 1.165) is 39.1 Å². The number of hydrogen-bond acceptors (Lipinski definition) is 4. The minimum absolute atomic E-state index is 0.194. The molecular formula is C23H20N4O. The summed E-state index contributed by atoms with van der Waals surface area (Å²) in [5.74, 6) is -0.194. The molecule has 0 spiro atoms. The zero-order chi connectivity index (χ0) is 19.5. The van der Waals surface area contributed by atoms with Crippen LogP contribution in [0.3, 0.4) is 0 Å². The van der Waals surface area contributed by atoms with Crippen molar-refractivity contribution in [2.24, 2.45) is 0 Å². The second-order valence-corrected chi connectivity index (χ2v) is 6.67. The highest BCUT2D eigenvalue weighted by atomic mass is 16.1. The van der Waals surface area contributed by atoms with E-state index in [4.69, 9.17) is 0 Å². The third-order valence-corrected chi connectivity index (χ3v) is 4.76. The van der Waals surface area contributed by atoms with Crippen molar-refractivity contribution < 1.29 is 4.79 Å². The first-order chi connectivity index (χ1) is 13.6. The first-order valence-electron chi connectivity index (χ1n) is 9.05. The summed E-state index contributed by atoms with van der Waals surface area (Å²) in [7, 11) is 0. The van der Waals surface area contributed by atoms with E-state index < -0.39 is 0 Å². The molecule has 1 amide bonds. The van der Waals surface area contributed by atoms with Crippen molar-refractivity contribution >= 4 is 33.9 Å². The maximum absolute atomic E-state index is 12.7. The van der Waals surface area contributed by atoms with E-state index >= 15 is 0 Å². The van der Waals surface area contributed by atoms with Gasteiger partial charge >= 0.3 is 0 Å². The van der Waals surface area contributed by atoms with E-state index in [0.29, 0.717) is 5.56 Å². The minimum atomic E-state index is -0.194. The Kier molecular flexibility index (Phi) is 4.72. The molecule has 0 atom stereocenters. The molecule has 4 rings (SSSR count). The number of amides is 1. The van der Waals surface area contributed by atoms with E-state index in [1.54, 1.807) is 24.7 Å². The van der Waals surface area contributed by atoms with Crippen molar-refractivity contribution in [3.8, 4) is 0 Å². The number of hydrogen-bond donors (Lipinski definition) is 2. The molecule has 0 aliphatic heterocycles. The van der Waals surface area contributed by atoms with Gasteiger partial charge in [0.05, 0.1) is 28.7 Å². The summed E-state index contributed by atoms with van der Waals surface area (Å²) in [5, 5.41) is 7.34. The van der Waals surface area contributed by atoms with Gasteiger partial charge in [-0.25, -0.2) is 0 Å². The molecule has 5 heteroatoms.